The average Bonchev–Trinajstić information content (AvgIpc) is 2.69. The highest BCUT2D eigenvalue weighted by molar-refractivity contribution is 6.05. The lowest BCUT2D eigenvalue weighted by Crippen LogP contribution is -2.46. The first-order chi connectivity index (χ1) is 12.6. The van der Waals surface area contributed by atoms with Gasteiger partial charge in [-0.1, -0.05) is 6.07 Å². The first kappa shape index (κ1) is 18.0. The second-order valence-corrected chi connectivity index (χ2v) is 6.32. The summed E-state index contributed by atoms with van der Waals surface area (Å²) >= 11 is 0. The molecule has 0 bridgehead atoms. The number of pyridine rings is 1. The summed E-state index contributed by atoms with van der Waals surface area (Å²) in [7, 11) is 0. The van der Waals surface area contributed by atoms with Crippen molar-refractivity contribution in [3.63, 3.8) is 0 Å². The fraction of sp³-hybridized carbons (Fsp3) is 0.316. The SMILES string of the molecule is NCC1(C(=O)Nc2cccc(C(=O)Nc3ccncc3)c2)CCOCC1. The van der Waals surface area contributed by atoms with Gasteiger partial charge in [0.05, 0.1) is 5.41 Å². The predicted molar refractivity (Wildman–Crippen MR) is 98.8 cm³/mol. The van der Waals surface area contributed by atoms with Gasteiger partial charge in [-0.25, -0.2) is 0 Å². The molecule has 2 heterocycles. The van der Waals surface area contributed by atoms with E-state index in [2.05, 4.69) is 15.6 Å². The average molecular weight is 354 g/mol. The largest absolute Gasteiger partial charge is 0.381 e. The molecule has 2 amide bonds. The molecule has 7 nitrogen and oxygen atoms in total. The van der Waals surface area contributed by atoms with E-state index in [9.17, 15) is 9.59 Å². The van der Waals surface area contributed by atoms with Crippen LogP contribution in [0.25, 0.3) is 0 Å². The van der Waals surface area contributed by atoms with Gasteiger partial charge < -0.3 is 21.1 Å². The molecule has 1 aromatic carbocycles. The molecule has 1 aromatic heterocycles. The number of rotatable bonds is 5. The van der Waals surface area contributed by atoms with Gasteiger partial charge in [0.2, 0.25) is 5.91 Å². The van der Waals surface area contributed by atoms with Crippen LogP contribution in [0.1, 0.15) is 23.2 Å². The zero-order valence-electron chi connectivity index (χ0n) is 14.4. The highest BCUT2D eigenvalue weighted by Gasteiger charge is 2.38. The number of benzene rings is 1. The van der Waals surface area contributed by atoms with Crippen LogP contribution < -0.4 is 16.4 Å². The van der Waals surface area contributed by atoms with Crippen molar-refractivity contribution in [3.05, 3.63) is 54.4 Å². The highest BCUT2D eigenvalue weighted by Crippen LogP contribution is 2.31. The van der Waals surface area contributed by atoms with E-state index in [1.54, 1.807) is 48.8 Å². The first-order valence-corrected chi connectivity index (χ1v) is 8.54. The summed E-state index contributed by atoms with van der Waals surface area (Å²) in [6.45, 7) is 1.32. The van der Waals surface area contributed by atoms with Crippen LogP contribution in [0, 0.1) is 5.41 Å². The standard InChI is InChI=1S/C19H22N4O3/c20-13-19(6-10-26-11-7-19)18(25)23-16-3-1-2-14(12-16)17(24)22-15-4-8-21-9-5-15/h1-5,8-9,12H,6-7,10-11,13,20H2,(H,23,25)(H,21,22,24). The molecule has 1 fully saturated rings. The van der Waals surface area contributed by atoms with Crippen molar-refractivity contribution in [2.24, 2.45) is 11.1 Å². The van der Waals surface area contributed by atoms with Crippen molar-refractivity contribution < 1.29 is 14.3 Å². The van der Waals surface area contributed by atoms with E-state index in [0.29, 0.717) is 43.0 Å². The Morgan fingerprint density at radius 1 is 1.08 bits per heavy atom. The van der Waals surface area contributed by atoms with Crippen LogP contribution in [0.2, 0.25) is 0 Å². The summed E-state index contributed by atoms with van der Waals surface area (Å²) in [6.07, 6.45) is 4.40. The lowest BCUT2D eigenvalue weighted by molar-refractivity contribution is -0.130. The third-order valence-corrected chi connectivity index (χ3v) is 4.64. The van der Waals surface area contributed by atoms with Gasteiger partial charge in [-0.2, -0.15) is 0 Å². The van der Waals surface area contributed by atoms with Crippen LogP contribution >= 0.6 is 0 Å². The Morgan fingerprint density at radius 2 is 1.81 bits per heavy atom. The summed E-state index contributed by atoms with van der Waals surface area (Å²) in [6, 6.07) is 10.2. The molecule has 26 heavy (non-hydrogen) atoms. The molecule has 7 heteroatoms. The van der Waals surface area contributed by atoms with Gasteiger partial charge in [-0.05, 0) is 43.2 Å². The van der Waals surface area contributed by atoms with Gasteiger partial charge in [-0.15, -0.1) is 0 Å². The smallest absolute Gasteiger partial charge is 0.255 e. The minimum atomic E-state index is -0.618. The molecule has 0 atom stereocenters. The van der Waals surface area contributed by atoms with Crippen molar-refractivity contribution in [2.75, 3.05) is 30.4 Å². The molecule has 1 saturated heterocycles. The van der Waals surface area contributed by atoms with Gasteiger partial charge in [0.1, 0.15) is 0 Å². The predicted octanol–water partition coefficient (Wildman–Crippen LogP) is 2.03. The molecule has 0 saturated carbocycles. The van der Waals surface area contributed by atoms with E-state index in [0.717, 1.165) is 0 Å². The molecule has 0 unspecified atom stereocenters. The lowest BCUT2D eigenvalue weighted by Gasteiger charge is -2.34. The Kier molecular flexibility index (Phi) is 5.60. The van der Waals surface area contributed by atoms with Gasteiger partial charge in [0.15, 0.2) is 0 Å². The molecule has 2 aromatic rings. The number of carbonyl (C=O) groups excluding carboxylic acids is 2. The Bertz CT molecular complexity index is 773. The summed E-state index contributed by atoms with van der Waals surface area (Å²) in [5.41, 5.74) is 6.93. The maximum atomic E-state index is 12.7. The Balaban J connectivity index is 1.70. The third-order valence-electron chi connectivity index (χ3n) is 4.64. The molecular formula is C19H22N4O3. The van der Waals surface area contributed by atoms with Crippen molar-refractivity contribution in [1.82, 2.24) is 4.98 Å². The van der Waals surface area contributed by atoms with Crippen LogP contribution in [0.3, 0.4) is 0 Å². The maximum absolute atomic E-state index is 12.7. The molecule has 1 aliphatic heterocycles. The van der Waals surface area contributed by atoms with Gasteiger partial charge in [0, 0.05) is 49.1 Å². The van der Waals surface area contributed by atoms with E-state index in [-0.39, 0.29) is 18.4 Å². The first-order valence-electron chi connectivity index (χ1n) is 8.54. The zero-order valence-corrected chi connectivity index (χ0v) is 14.4. The Hall–Kier alpha value is -2.77. The van der Waals surface area contributed by atoms with E-state index in [1.807, 2.05) is 0 Å². The van der Waals surface area contributed by atoms with Crippen LogP contribution in [-0.4, -0.2) is 36.6 Å². The monoisotopic (exact) mass is 354 g/mol. The third kappa shape index (κ3) is 4.07. The molecule has 0 aliphatic carbocycles. The number of amides is 2. The Labute approximate surface area is 151 Å². The normalized spacial score (nSPS) is 15.9. The molecule has 0 spiro atoms. The van der Waals surface area contributed by atoms with Gasteiger partial charge in [0.25, 0.3) is 5.91 Å². The fourth-order valence-electron chi connectivity index (χ4n) is 2.93. The van der Waals surface area contributed by atoms with Crippen molar-refractivity contribution in [1.29, 1.82) is 0 Å². The summed E-state index contributed by atoms with van der Waals surface area (Å²) in [5.74, 6) is -0.387. The van der Waals surface area contributed by atoms with Crippen molar-refractivity contribution in [3.8, 4) is 0 Å². The zero-order chi connectivity index (χ0) is 18.4. The summed E-state index contributed by atoms with van der Waals surface area (Å²) in [5, 5.41) is 5.69. The number of nitrogens with one attached hydrogen (secondary N) is 2. The van der Waals surface area contributed by atoms with Crippen LogP contribution in [0.5, 0.6) is 0 Å². The van der Waals surface area contributed by atoms with Crippen LogP contribution in [0.15, 0.2) is 48.8 Å². The number of hydrogen-bond donors (Lipinski definition) is 3. The highest BCUT2D eigenvalue weighted by atomic mass is 16.5. The summed E-state index contributed by atoms with van der Waals surface area (Å²) in [4.78, 5) is 29.0. The van der Waals surface area contributed by atoms with E-state index in [1.165, 1.54) is 0 Å². The number of nitrogens with two attached hydrogens (primary N) is 1. The second kappa shape index (κ2) is 8.07. The number of carbonyl (C=O) groups is 2. The quantitative estimate of drug-likeness (QED) is 0.762. The number of aromatic nitrogens is 1. The minimum absolute atomic E-state index is 0.130. The van der Waals surface area contributed by atoms with Crippen LogP contribution in [0.4, 0.5) is 11.4 Å². The van der Waals surface area contributed by atoms with E-state index >= 15 is 0 Å². The maximum Gasteiger partial charge on any atom is 0.255 e. The van der Waals surface area contributed by atoms with Crippen molar-refractivity contribution in [2.45, 2.75) is 12.8 Å². The Morgan fingerprint density at radius 3 is 2.50 bits per heavy atom. The molecule has 0 radical (unpaired) electrons. The number of nitrogens with zero attached hydrogens (tertiary/aromatic N) is 1. The lowest BCUT2D eigenvalue weighted by atomic mass is 9.79. The topological polar surface area (TPSA) is 106 Å². The van der Waals surface area contributed by atoms with E-state index < -0.39 is 5.41 Å². The number of hydrogen-bond acceptors (Lipinski definition) is 5. The molecule has 4 N–H and O–H groups in total. The second-order valence-electron chi connectivity index (χ2n) is 6.32. The molecular weight excluding hydrogens is 332 g/mol. The van der Waals surface area contributed by atoms with Gasteiger partial charge >= 0.3 is 0 Å². The molecule has 136 valence electrons. The van der Waals surface area contributed by atoms with Gasteiger partial charge in [-0.3, -0.25) is 14.6 Å². The number of ether oxygens (including phenoxy) is 1. The molecule has 1 aliphatic rings. The van der Waals surface area contributed by atoms with E-state index in [4.69, 9.17) is 10.5 Å². The van der Waals surface area contributed by atoms with Crippen LogP contribution in [-0.2, 0) is 9.53 Å². The molecule has 3 rings (SSSR count). The number of anilines is 2. The minimum Gasteiger partial charge on any atom is -0.381 e. The fourth-order valence-corrected chi connectivity index (χ4v) is 2.93. The van der Waals surface area contributed by atoms with Crippen molar-refractivity contribution >= 4 is 23.2 Å². The summed E-state index contributed by atoms with van der Waals surface area (Å²) < 4.78 is 5.34.